The summed E-state index contributed by atoms with van der Waals surface area (Å²) >= 11 is 3.30. The molecule has 0 aromatic heterocycles. The maximum Gasteiger partial charge on any atom is 0.226 e. The number of amides is 1. The first kappa shape index (κ1) is 17.0. The highest BCUT2D eigenvalue weighted by Gasteiger charge is 2.11. The van der Waals surface area contributed by atoms with E-state index in [1.807, 2.05) is 45.0 Å². The van der Waals surface area contributed by atoms with Crippen LogP contribution in [-0.2, 0) is 9.53 Å². The van der Waals surface area contributed by atoms with E-state index in [-0.39, 0.29) is 11.5 Å². The van der Waals surface area contributed by atoms with Crippen LogP contribution in [0.3, 0.4) is 0 Å². The number of hydrogen-bond donors (Lipinski definition) is 1. The van der Waals surface area contributed by atoms with E-state index in [9.17, 15) is 4.79 Å². The van der Waals surface area contributed by atoms with E-state index in [2.05, 4.69) is 21.2 Å². The van der Waals surface area contributed by atoms with E-state index in [1.54, 1.807) is 0 Å². The summed E-state index contributed by atoms with van der Waals surface area (Å²) in [5.41, 5.74) is 0.547. The normalized spacial score (nSPS) is 11.2. The van der Waals surface area contributed by atoms with Crippen LogP contribution in [-0.4, -0.2) is 30.1 Å². The lowest BCUT2D eigenvalue weighted by Gasteiger charge is -2.19. The number of alkyl halides is 1. The van der Waals surface area contributed by atoms with Crippen molar-refractivity contribution < 1.29 is 14.3 Å². The maximum atomic E-state index is 11.7. The molecule has 0 aliphatic carbocycles. The summed E-state index contributed by atoms with van der Waals surface area (Å²) in [6.07, 6.45) is 0.346. The number of halogens is 1. The number of hydrogen-bond acceptors (Lipinski definition) is 3. The molecule has 0 spiro atoms. The number of nitrogens with one attached hydrogen (secondary N) is 1. The van der Waals surface area contributed by atoms with E-state index in [0.717, 1.165) is 16.8 Å². The predicted molar refractivity (Wildman–Crippen MR) is 84.7 cm³/mol. The fourth-order valence-corrected chi connectivity index (χ4v) is 1.63. The molecule has 0 bridgehead atoms. The van der Waals surface area contributed by atoms with Gasteiger partial charge < -0.3 is 14.8 Å². The van der Waals surface area contributed by atoms with Crippen molar-refractivity contribution in [3.05, 3.63) is 24.3 Å². The minimum atomic E-state index is -0.214. The fourth-order valence-electron chi connectivity index (χ4n) is 1.46. The third-order valence-electron chi connectivity index (χ3n) is 2.35. The average molecular weight is 344 g/mol. The number of carbonyl (C=O) groups is 1. The van der Waals surface area contributed by atoms with Crippen LogP contribution < -0.4 is 10.1 Å². The number of ether oxygens (including phenoxy) is 2. The summed E-state index contributed by atoms with van der Waals surface area (Å²) in [5.74, 6) is 0.738. The highest BCUT2D eigenvalue weighted by molar-refractivity contribution is 9.09. The first-order chi connectivity index (χ1) is 9.40. The minimum Gasteiger partial charge on any atom is -0.493 e. The van der Waals surface area contributed by atoms with Crippen molar-refractivity contribution in [2.24, 2.45) is 0 Å². The second kappa shape index (κ2) is 8.27. The zero-order valence-electron chi connectivity index (χ0n) is 12.2. The van der Waals surface area contributed by atoms with E-state index < -0.39 is 0 Å². The molecule has 0 radical (unpaired) electrons. The monoisotopic (exact) mass is 343 g/mol. The number of rotatable bonds is 7. The van der Waals surface area contributed by atoms with Gasteiger partial charge in [0.15, 0.2) is 0 Å². The Morgan fingerprint density at radius 3 is 2.40 bits per heavy atom. The van der Waals surface area contributed by atoms with Gasteiger partial charge in [0.1, 0.15) is 5.75 Å². The maximum absolute atomic E-state index is 11.7. The number of anilines is 1. The van der Waals surface area contributed by atoms with E-state index in [1.165, 1.54) is 0 Å². The van der Waals surface area contributed by atoms with E-state index in [4.69, 9.17) is 9.47 Å². The van der Waals surface area contributed by atoms with Crippen LogP contribution in [0.5, 0.6) is 5.75 Å². The smallest absolute Gasteiger partial charge is 0.226 e. The molecule has 0 fully saturated rings. The van der Waals surface area contributed by atoms with Gasteiger partial charge in [0.25, 0.3) is 0 Å². The first-order valence-electron chi connectivity index (χ1n) is 6.63. The van der Waals surface area contributed by atoms with Crippen LogP contribution in [0.1, 0.15) is 27.2 Å². The zero-order valence-corrected chi connectivity index (χ0v) is 13.8. The summed E-state index contributed by atoms with van der Waals surface area (Å²) < 4.78 is 11.0. The van der Waals surface area contributed by atoms with Crippen molar-refractivity contribution in [2.45, 2.75) is 32.8 Å². The quantitative estimate of drug-likeness (QED) is 0.769. The van der Waals surface area contributed by atoms with Gasteiger partial charge >= 0.3 is 0 Å². The summed E-state index contributed by atoms with van der Waals surface area (Å²) in [6.45, 7) is 6.95. The molecule has 0 heterocycles. The van der Waals surface area contributed by atoms with Crippen molar-refractivity contribution in [3.8, 4) is 5.75 Å². The zero-order chi connectivity index (χ0) is 15.0. The van der Waals surface area contributed by atoms with Crippen molar-refractivity contribution in [2.75, 3.05) is 23.9 Å². The van der Waals surface area contributed by atoms with Crippen molar-refractivity contribution in [3.63, 3.8) is 0 Å². The molecular formula is C15H22BrNO3. The molecule has 0 aliphatic rings. The lowest BCUT2D eigenvalue weighted by molar-refractivity contribution is -0.118. The molecule has 0 saturated heterocycles. The Morgan fingerprint density at radius 1 is 1.20 bits per heavy atom. The molecular weight excluding hydrogens is 322 g/mol. The molecule has 0 aliphatic heterocycles. The topological polar surface area (TPSA) is 47.6 Å². The van der Waals surface area contributed by atoms with Gasteiger partial charge in [-0.2, -0.15) is 0 Å². The fraction of sp³-hybridized carbons (Fsp3) is 0.533. The van der Waals surface area contributed by atoms with Crippen LogP contribution in [0.2, 0.25) is 0 Å². The van der Waals surface area contributed by atoms with Crippen LogP contribution >= 0.6 is 15.9 Å². The summed E-state index contributed by atoms with van der Waals surface area (Å²) in [7, 11) is 0. The van der Waals surface area contributed by atoms with Gasteiger partial charge in [-0.3, -0.25) is 4.79 Å². The van der Waals surface area contributed by atoms with Gasteiger partial charge in [-0.25, -0.2) is 0 Å². The Bertz CT molecular complexity index is 412. The SMILES string of the molecule is CC(C)(C)OCCC(=O)Nc1ccc(OCCBr)cc1. The van der Waals surface area contributed by atoms with Gasteiger partial charge in [-0.15, -0.1) is 0 Å². The second-order valence-corrected chi connectivity index (χ2v) is 6.11. The third kappa shape index (κ3) is 7.50. The van der Waals surface area contributed by atoms with Crippen LogP contribution in [0.25, 0.3) is 0 Å². The highest BCUT2D eigenvalue weighted by atomic mass is 79.9. The molecule has 1 aromatic carbocycles. The summed E-state index contributed by atoms with van der Waals surface area (Å²) in [5, 5.41) is 3.62. The molecule has 20 heavy (non-hydrogen) atoms. The molecule has 1 rings (SSSR count). The first-order valence-corrected chi connectivity index (χ1v) is 7.75. The van der Waals surface area contributed by atoms with E-state index in [0.29, 0.717) is 19.6 Å². The highest BCUT2D eigenvalue weighted by Crippen LogP contribution is 2.16. The lowest BCUT2D eigenvalue weighted by Crippen LogP contribution is -2.22. The van der Waals surface area contributed by atoms with Gasteiger partial charge in [0, 0.05) is 11.0 Å². The third-order valence-corrected chi connectivity index (χ3v) is 2.67. The molecule has 112 valence electrons. The van der Waals surface area contributed by atoms with Gasteiger partial charge in [0.05, 0.1) is 25.2 Å². The van der Waals surface area contributed by atoms with E-state index >= 15 is 0 Å². The van der Waals surface area contributed by atoms with Crippen LogP contribution in [0.15, 0.2) is 24.3 Å². The molecule has 0 atom stereocenters. The summed E-state index contributed by atoms with van der Waals surface area (Å²) in [6, 6.07) is 7.33. The lowest BCUT2D eigenvalue weighted by atomic mass is 10.2. The molecule has 1 amide bonds. The molecule has 1 N–H and O–H groups in total. The van der Waals surface area contributed by atoms with Crippen molar-refractivity contribution >= 4 is 27.5 Å². The molecule has 0 saturated carbocycles. The van der Waals surface area contributed by atoms with Crippen molar-refractivity contribution in [1.29, 1.82) is 0 Å². The Hall–Kier alpha value is -1.07. The molecule has 0 unspecified atom stereocenters. The minimum absolute atomic E-state index is 0.0524. The number of benzene rings is 1. The Morgan fingerprint density at radius 2 is 1.85 bits per heavy atom. The Balaban J connectivity index is 2.34. The Labute approximate surface area is 129 Å². The standard InChI is InChI=1S/C15H22BrNO3/c1-15(2,3)20-10-8-14(18)17-12-4-6-13(7-5-12)19-11-9-16/h4-7H,8-11H2,1-3H3,(H,17,18). The van der Waals surface area contributed by atoms with Crippen LogP contribution in [0, 0.1) is 0 Å². The number of carbonyl (C=O) groups excluding carboxylic acids is 1. The molecule has 5 heteroatoms. The van der Waals surface area contributed by atoms with Crippen LogP contribution in [0.4, 0.5) is 5.69 Å². The molecule has 4 nitrogen and oxygen atoms in total. The Kier molecular flexibility index (Phi) is 7.02. The molecule has 1 aromatic rings. The largest absolute Gasteiger partial charge is 0.493 e. The summed E-state index contributed by atoms with van der Waals surface area (Å²) in [4.78, 5) is 11.7. The van der Waals surface area contributed by atoms with Gasteiger partial charge in [0.2, 0.25) is 5.91 Å². The average Bonchev–Trinajstić information content (AvgIpc) is 2.36. The second-order valence-electron chi connectivity index (χ2n) is 5.32. The van der Waals surface area contributed by atoms with Gasteiger partial charge in [-0.1, -0.05) is 15.9 Å². The van der Waals surface area contributed by atoms with Crippen molar-refractivity contribution in [1.82, 2.24) is 0 Å². The predicted octanol–water partition coefficient (Wildman–Crippen LogP) is 3.60. The van der Waals surface area contributed by atoms with Gasteiger partial charge in [-0.05, 0) is 45.0 Å².